The van der Waals surface area contributed by atoms with Crippen molar-refractivity contribution in [2.75, 3.05) is 10.6 Å². The molecule has 0 aromatic heterocycles. The van der Waals surface area contributed by atoms with E-state index in [4.69, 9.17) is 0 Å². The van der Waals surface area contributed by atoms with Crippen molar-refractivity contribution < 1.29 is 14.6 Å². The van der Waals surface area contributed by atoms with Crippen LogP contribution in [0.2, 0.25) is 0 Å². The predicted octanol–water partition coefficient (Wildman–Crippen LogP) is 1.18. The average molecular weight is 266 g/mol. The van der Waals surface area contributed by atoms with Gasteiger partial charge < -0.3 is 10.6 Å². The van der Waals surface area contributed by atoms with E-state index in [1.807, 2.05) is 0 Å². The lowest BCUT2D eigenvalue weighted by atomic mass is 10.0. The second kappa shape index (κ2) is 4.19. The maximum Gasteiger partial charge on any atom is 0.363 e. The number of nitro groups is 2. The molecular weight excluding hydrogens is 256 g/mol. The van der Waals surface area contributed by atoms with Gasteiger partial charge in [-0.3, -0.25) is 25.0 Å². The molecule has 9 nitrogen and oxygen atoms in total. The normalized spacial score (nSPS) is 17.2. The Morgan fingerprint density at radius 2 is 1.89 bits per heavy atom. The first-order chi connectivity index (χ1) is 8.82. The number of nitrogens with zero attached hydrogens (tertiary/aromatic N) is 2. The van der Waals surface area contributed by atoms with E-state index in [0.717, 1.165) is 0 Å². The predicted molar refractivity (Wildman–Crippen MR) is 65.6 cm³/mol. The number of carbonyl (C=O) groups excluding carboxylic acids is 1. The lowest BCUT2D eigenvalue weighted by molar-refractivity contribution is -0.500. The third-order valence-corrected chi connectivity index (χ3v) is 2.99. The van der Waals surface area contributed by atoms with Crippen molar-refractivity contribution in [2.45, 2.75) is 20.0 Å². The fraction of sp³-hybridized carbons (Fsp3) is 0.300. The summed E-state index contributed by atoms with van der Waals surface area (Å²) in [5, 5.41) is 26.4. The van der Waals surface area contributed by atoms with Crippen LogP contribution < -0.4 is 10.6 Å². The van der Waals surface area contributed by atoms with Crippen LogP contribution in [0.5, 0.6) is 0 Å². The molecule has 0 aliphatic carbocycles. The molecule has 1 amide bonds. The van der Waals surface area contributed by atoms with Crippen molar-refractivity contribution in [1.29, 1.82) is 0 Å². The van der Waals surface area contributed by atoms with E-state index < -0.39 is 21.9 Å². The number of carbonyl (C=O) groups is 1. The van der Waals surface area contributed by atoms with Gasteiger partial charge in [0.2, 0.25) is 0 Å². The molecule has 1 aromatic carbocycles. The van der Waals surface area contributed by atoms with E-state index in [2.05, 4.69) is 10.6 Å². The molecule has 0 fully saturated rings. The van der Waals surface area contributed by atoms with Crippen molar-refractivity contribution in [3.05, 3.63) is 37.4 Å². The Morgan fingerprint density at radius 1 is 1.26 bits per heavy atom. The molecule has 19 heavy (non-hydrogen) atoms. The molecular formula is C10H10N4O5. The van der Waals surface area contributed by atoms with Crippen LogP contribution in [0.25, 0.3) is 0 Å². The smallest absolute Gasteiger partial charge is 0.316 e. The first-order valence-corrected chi connectivity index (χ1v) is 5.32. The van der Waals surface area contributed by atoms with Crippen molar-refractivity contribution in [3.63, 3.8) is 0 Å². The monoisotopic (exact) mass is 266 g/mol. The van der Waals surface area contributed by atoms with Gasteiger partial charge in [-0.2, -0.15) is 0 Å². The summed E-state index contributed by atoms with van der Waals surface area (Å²) in [4.78, 5) is 31.8. The highest BCUT2D eigenvalue weighted by Gasteiger charge is 2.39. The van der Waals surface area contributed by atoms with Crippen LogP contribution in [0.1, 0.15) is 11.1 Å². The van der Waals surface area contributed by atoms with Crippen LogP contribution >= 0.6 is 0 Å². The molecule has 2 rings (SSSR count). The second-order valence-corrected chi connectivity index (χ2v) is 4.17. The number of hydrogen-bond donors (Lipinski definition) is 2. The highest BCUT2D eigenvalue weighted by Crippen LogP contribution is 2.40. The maximum absolute atomic E-state index is 11.5. The Balaban J connectivity index is 2.64. The van der Waals surface area contributed by atoms with E-state index in [0.29, 0.717) is 11.1 Å². The summed E-state index contributed by atoms with van der Waals surface area (Å²) in [6, 6.07) is 1.54. The number of hydrogen-bond acceptors (Lipinski definition) is 6. The Morgan fingerprint density at radius 3 is 2.42 bits per heavy atom. The topological polar surface area (TPSA) is 127 Å². The molecule has 0 radical (unpaired) electrons. The molecule has 100 valence electrons. The van der Waals surface area contributed by atoms with Crippen LogP contribution in [0.3, 0.4) is 0 Å². The summed E-state index contributed by atoms with van der Waals surface area (Å²) in [6.45, 7) is 3.21. The molecule has 0 spiro atoms. The van der Waals surface area contributed by atoms with Gasteiger partial charge in [0, 0.05) is 5.56 Å². The fourth-order valence-electron chi connectivity index (χ4n) is 1.92. The van der Waals surface area contributed by atoms with E-state index in [1.165, 1.54) is 0 Å². The second-order valence-electron chi connectivity index (χ2n) is 4.17. The Hall–Kier alpha value is -2.71. The summed E-state index contributed by atoms with van der Waals surface area (Å²) in [7, 11) is 0. The van der Waals surface area contributed by atoms with Gasteiger partial charge in [0.05, 0.1) is 15.5 Å². The summed E-state index contributed by atoms with van der Waals surface area (Å²) in [6.07, 6.45) is -1.73. The SMILES string of the molecule is Cc1cc2c(c([N+](=O)[O-])c1C)NC([N+](=O)[O-])C(=O)N2. The van der Waals surface area contributed by atoms with Gasteiger partial charge in [0.25, 0.3) is 5.69 Å². The van der Waals surface area contributed by atoms with Gasteiger partial charge in [0.15, 0.2) is 0 Å². The zero-order valence-electron chi connectivity index (χ0n) is 10.1. The highest BCUT2D eigenvalue weighted by molar-refractivity contribution is 6.04. The number of fused-ring (bicyclic) bond motifs is 1. The molecule has 2 N–H and O–H groups in total. The minimum absolute atomic E-state index is 0.0330. The highest BCUT2D eigenvalue weighted by atomic mass is 16.6. The zero-order valence-corrected chi connectivity index (χ0v) is 10.1. The average Bonchev–Trinajstić information content (AvgIpc) is 2.29. The number of benzene rings is 1. The quantitative estimate of drug-likeness (QED) is 0.611. The lowest BCUT2D eigenvalue weighted by Gasteiger charge is -2.22. The first kappa shape index (κ1) is 12.7. The number of aryl methyl sites for hydroxylation is 1. The number of amides is 1. The fourth-order valence-corrected chi connectivity index (χ4v) is 1.92. The maximum atomic E-state index is 11.5. The first-order valence-electron chi connectivity index (χ1n) is 5.32. The number of nitro benzene ring substituents is 1. The van der Waals surface area contributed by atoms with Gasteiger partial charge in [-0.25, -0.2) is 0 Å². The van der Waals surface area contributed by atoms with Crippen LogP contribution in [-0.2, 0) is 4.79 Å². The van der Waals surface area contributed by atoms with E-state index in [9.17, 15) is 25.0 Å². The van der Waals surface area contributed by atoms with Crippen LogP contribution in [0.4, 0.5) is 17.1 Å². The van der Waals surface area contributed by atoms with Gasteiger partial charge in [-0.05, 0) is 25.5 Å². The standard InChI is InChI=1S/C10H10N4O5/c1-4-3-6-7(8(5(4)2)13(16)17)12-9(14(18)19)10(15)11-6/h3,9,12H,1-2H3,(H,11,15). The van der Waals surface area contributed by atoms with Gasteiger partial charge >= 0.3 is 12.1 Å². The summed E-state index contributed by atoms with van der Waals surface area (Å²) in [5.74, 6) is -0.852. The molecule has 0 bridgehead atoms. The van der Waals surface area contributed by atoms with Crippen LogP contribution in [0.15, 0.2) is 6.07 Å². The number of rotatable bonds is 2. The Bertz CT molecular complexity index is 612. The number of anilines is 2. The van der Waals surface area contributed by atoms with Crippen molar-refractivity contribution >= 4 is 23.0 Å². The largest absolute Gasteiger partial charge is 0.363 e. The Kier molecular flexibility index (Phi) is 2.81. The zero-order chi connectivity index (χ0) is 14.3. The van der Waals surface area contributed by atoms with Gasteiger partial charge in [-0.1, -0.05) is 0 Å². The molecule has 1 unspecified atom stereocenters. The molecule has 1 heterocycles. The molecule has 1 aliphatic heterocycles. The van der Waals surface area contributed by atoms with Crippen molar-refractivity contribution in [2.24, 2.45) is 0 Å². The third-order valence-electron chi connectivity index (χ3n) is 2.99. The van der Waals surface area contributed by atoms with Crippen molar-refractivity contribution in [1.82, 2.24) is 0 Å². The minimum Gasteiger partial charge on any atom is -0.316 e. The molecule has 0 saturated heterocycles. The van der Waals surface area contributed by atoms with E-state index >= 15 is 0 Å². The third kappa shape index (κ3) is 1.94. The molecule has 0 saturated carbocycles. The van der Waals surface area contributed by atoms with Gasteiger partial charge in [0.1, 0.15) is 5.69 Å². The summed E-state index contributed by atoms with van der Waals surface area (Å²) < 4.78 is 0. The van der Waals surface area contributed by atoms with Crippen LogP contribution in [-0.4, -0.2) is 21.9 Å². The van der Waals surface area contributed by atoms with E-state index in [1.54, 1.807) is 19.9 Å². The lowest BCUT2D eigenvalue weighted by Crippen LogP contribution is -2.44. The van der Waals surface area contributed by atoms with E-state index in [-0.39, 0.29) is 17.1 Å². The van der Waals surface area contributed by atoms with Gasteiger partial charge in [-0.15, -0.1) is 0 Å². The minimum atomic E-state index is -1.73. The molecule has 1 aliphatic rings. The molecule has 1 atom stereocenters. The summed E-state index contributed by atoms with van der Waals surface area (Å²) in [5.41, 5.74) is 0.899. The number of nitrogens with one attached hydrogen (secondary N) is 2. The summed E-state index contributed by atoms with van der Waals surface area (Å²) >= 11 is 0. The Labute approximate surface area is 106 Å². The van der Waals surface area contributed by atoms with Crippen molar-refractivity contribution in [3.8, 4) is 0 Å². The molecule has 9 heteroatoms. The molecule has 1 aromatic rings. The van der Waals surface area contributed by atoms with Crippen LogP contribution in [0, 0.1) is 34.1 Å².